The molecule has 0 fully saturated rings. The summed E-state index contributed by atoms with van der Waals surface area (Å²) < 4.78 is 0. The summed E-state index contributed by atoms with van der Waals surface area (Å²) in [7, 11) is 0. The van der Waals surface area contributed by atoms with Crippen LogP contribution in [0.2, 0.25) is 0 Å². The molecule has 252 valence electrons. The second-order valence-electron chi connectivity index (χ2n) is 11.3. The van der Waals surface area contributed by atoms with E-state index in [1.165, 1.54) is 0 Å². The van der Waals surface area contributed by atoms with Crippen LogP contribution in [0.15, 0.2) is 78.9 Å². The largest absolute Gasteiger partial charge is 0.399 e. The van der Waals surface area contributed by atoms with E-state index in [2.05, 4.69) is 0 Å². The van der Waals surface area contributed by atoms with Gasteiger partial charge in [-0.25, -0.2) is 0 Å². The van der Waals surface area contributed by atoms with E-state index in [0.717, 1.165) is 84.4 Å². The van der Waals surface area contributed by atoms with Gasteiger partial charge in [0, 0.05) is 56.9 Å². The van der Waals surface area contributed by atoms with E-state index in [4.69, 9.17) is 57.3 Å². The number of nitrogen functional groups attached to an aromatic ring is 10. The Kier molecular flexibility index (Phi) is 15.1. The third-order valence-electron chi connectivity index (χ3n) is 7.54. The number of anilines is 10. The zero-order chi connectivity index (χ0) is 36.0. The fraction of sp³-hybridized carbons (Fsp3) is 0.189. The molecule has 0 unspecified atom stereocenters. The molecule has 0 saturated carbocycles. The lowest BCUT2D eigenvalue weighted by Crippen LogP contribution is -2.04. The maximum Gasteiger partial charge on any atom is 0.0380 e. The van der Waals surface area contributed by atoms with Crippen LogP contribution >= 0.6 is 0 Å². The maximum atomic E-state index is 5.90. The Bertz CT molecular complexity index is 1550. The smallest absolute Gasteiger partial charge is 0.0380 e. The highest BCUT2D eigenvalue weighted by atomic mass is 14.6. The minimum Gasteiger partial charge on any atom is -0.399 e. The quantitative estimate of drug-likeness (QED) is 0.0832. The molecular formula is C37H54N10. The minimum atomic E-state index is 0.713. The van der Waals surface area contributed by atoms with Gasteiger partial charge in [-0.2, -0.15) is 0 Å². The van der Waals surface area contributed by atoms with E-state index in [9.17, 15) is 0 Å². The summed E-state index contributed by atoms with van der Waals surface area (Å²) in [5, 5.41) is 0. The molecule has 5 aromatic rings. The normalized spacial score (nSPS) is 9.60. The van der Waals surface area contributed by atoms with Crippen LogP contribution in [-0.2, 0) is 0 Å². The number of hydrogen-bond donors (Lipinski definition) is 10. The molecule has 0 spiro atoms. The molecule has 0 atom stereocenters. The first-order valence-electron chi connectivity index (χ1n) is 14.9. The highest BCUT2D eigenvalue weighted by Gasteiger charge is 2.09. The highest BCUT2D eigenvalue weighted by molar-refractivity contribution is 5.69. The van der Waals surface area contributed by atoms with E-state index in [1.54, 1.807) is 48.5 Å². The van der Waals surface area contributed by atoms with Gasteiger partial charge in [0.05, 0.1) is 0 Å². The topological polar surface area (TPSA) is 260 Å². The molecular weight excluding hydrogens is 584 g/mol. The van der Waals surface area contributed by atoms with Crippen LogP contribution in [0, 0.1) is 48.5 Å². The average molecular weight is 639 g/mol. The van der Waals surface area contributed by atoms with Crippen molar-refractivity contribution in [2.75, 3.05) is 57.3 Å². The summed E-state index contributed by atoms with van der Waals surface area (Å²) in [6.45, 7) is 13.9. The Labute approximate surface area is 280 Å². The molecule has 0 saturated heterocycles. The van der Waals surface area contributed by atoms with Gasteiger partial charge in [-0.15, -0.1) is 0 Å². The van der Waals surface area contributed by atoms with Crippen LogP contribution in [0.5, 0.6) is 0 Å². The first-order valence-corrected chi connectivity index (χ1v) is 14.9. The maximum absolute atomic E-state index is 5.90. The first kappa shape index (κ1) is 39.1. The van der Waals surface area contributed by atoms with Crippen LogP contribution in [0.1, 0.15) is 38.9 Å². The summed E-state index contributed by atoms with van der Waals surface area (Å²) in [5.41, 5.74) is 71.0. The average Bonchev–Trinajstić information content (AvgIpc) is 3.02. The van der Waals surface area contributed by atoms with Crippen LogP contribution < -0.4 is 57.3 Å². The lowest BCUT2D eigenvalue weighted by Gasteiger charge is -2.14. The molecule has 5 aromatic carbocycles. The molecule has 0 amide bonds. The molecule has 0 aliphatic carbocycles. The molecule has 0 aliphatic heterocycles. The number of hydrogen-bond acceptors (Lipinski definition) is 10. The van der Waals surface area contributed by atoms with Crippen molar-refractivity contribution in [2.45, 2.75) is 48.5 Å². The zero-order valence-electron chi connectivity index (χ0n) is 28.8. The Hall–Kier alpha value is -5.90. The predicted octanol–water partition coefficient (Wildman–Crippen LogP) is 6.41. The summed E-state index contributed by atoms with van der Waals surface area (Å²) in [5.74, 6) is 0. The van der Waals surface area contributed by atoms with E-state index < -0.39 is 0 Å². The van der Waals surface area contributed by atoms with Crippen LogP contribution in [0.4, 0.5) is 56.9 Å². The Morgan fingerprint density at radius 1 is 0.298 bits per heavy atom. The van der Waals surface area contributed by atoms with Gasteiger partial charge in [-0.3, -0.25) is 0 Å². The van der Waals surface area contributed by atoms with Crippen molar-refractivity contribution in [3.63, 3.8) is 0 Å². The van der Waals surface area contributed by atoms with Gasteiger partial charge in [-0.05, 0) is 160 Å². The summed E-state index contributed by atoms with van der Waals surface area (Å²) in [6.07, 6.45) is 0. The third kappa shape index (κ3) is 12.9. The Morgan fingerprint density at radius 2 is 0.596 bits per heavy atom. The molecule has 20 N–H and O–H groups in total. The molecule has 47 heavy (non-hydrogen) atoms. The minimum absolute atomic E-state index is 0.713. The van der Waals surface area contributed by atoms with Crippen molar-refractivity contribution >= 4 is 56.9 Å². The van der Waals surface area contributed by atoms with Crippen molar-refractivity contribution < 1.29 is 0 Å². The number of nitrogens with two attached hydrogens (primary N) is 10. The second kappa shape index (κ2) is 18.2. The van der Waals surface area contributed by atoms with Crippen molar-refractivity contribution in [2.24, 2.45) is 0 Å². The van der Waals surface area contributed by atoms with Gasteiger partial charge in [0.1, 0.15) is 0 Å². The van der Waals surface area contributed by atoms with Gasteiger partial charge < -0.3 is 57.3 Å². The number of benzene rings is 5. The van der Waals surface area contributed by atoms with Gasteiger partial charge in [-0.1, -0.05) is 6.07 Å². The van der Waals surface area contributed by atoms with Gasteiger partial charge >= 0.3 is 0 Å². The third-order valence-corrected chi connectivity index (χ3v) is 7.54. The fourth-order valence-corrected chi connectivity index (χ4v) is 3.99. The Morgan fingerprint density at radius 3 is 0.872 bits per heavy atom. The first-order chi connectivity index (χ1) is 21.8. The van der Waals surface area contributed by atoms with Crippen molar-refractivity contribution in [3.8, 4) is 0 Å². The van der Waals surface area contributed by atoms with E-state index >= 15 is 0 Å². The van der Waals surface area contributed by atoms with Crippen LogP contribution in [-0.4, -0.2) is 0 Å². The summed E-state index contributed by atoms with van der Waals surface area (Å²) >= 11 is 0. The van der Waals surface area contributed by atoms with Crippen molar-refractivity contribution in [1.29, 1.82) is 0 Å². The molecule has 0 aromatic heterocycles. The van der Waals surface area contributed by atoms with Crippen molar-refractivity contribution in [1.82, 2.24) is 0 Å². The zero-order valence-corrected chi connectivity index (χ0v) is 28.8. The summed E-state index contributed by atoms with van der Waals surface area (Å²) in [6, 6.07) is 23.5. The lowest BCUT2D eigenvalue weighted by molar-refractivity contribution is 1.26. The predicted molar refractivity (Wildman–Crippen MR) is 209 cm³/mol. The second-order valence-corrected chi connectivity index (χ2v) is 11.3. The monoisotopic (exact) mass is 638 g/mol. The fourth-order valence-electron chi connectivity index (χ4n) is 3.99. The number of rotatable bonds is 0. The Balaban J connectivity index is 0.000000296. The van der Waals surface area contributed by atoms with Crippen molar-refractivity contribution in [3.05, 3.63) is 118 Å². The molecule has 0 bridgehead atoms. The van der Waals surface area contributed by atoms with Gasteiger partial charge in [0.15, 0.2) is 0 Å². The summed E-state index contributed by atoms with van der Waals surface area (Å²) in [4.78, 5) is 0. The van der Waals surface area contributed by atoms with Gasteiger partial charge in [0.2, 0.25) is 0 Å². The van der Waals surface area contributed by atoms with E-state index in [0.29, 0.717) is 11.4 Å². The molecule has 0 aliphatic rings. The van der Waals surface area contributed by atoms with E-state index in [-0.39, 0.29) is 0 Å². The van der Waals surface area contributed by atoms with Crippen LogP contribution in [0.3, 0.4) is 0 Å². The molecule has 10 heteroatoms. The van der Waals surface area contributed by atoms with Gasteiger partial charge in [0.25, 0.3) is 0 Å². The molecule has 0 radical (unpaired) electrons. The van der Waals surface area contributed by atoms with E-state index in [1.807, 2.05) is 78.8 Å². The SMILES string of the molecule is Cc1c(C)c(N)c(C)c(C)c1N.Cc1cc(N)c(C)cc1N.Cc1cc(N)ccc1N.Nc1ccc(N)cc1.Nc1cccc(N)c1. The molecule has 10 nitrogen and oxygen atoms in total. The molecule has 5 rings (SSSR count). The standard InChI is InChI=1S/C10H16N2.C8H12N2.C7H10N2.2C6H8N2/c1-5-6(2)10(12)8(4)7(3)9(5)11;1-5-3-8(10)6(2)4-7(5)9;1-5-4-6(8)2-3-7(5)9;7-5-1-2-6(8)4-3-5;7-5-2-1-3-6(8)4-5/h11-12H2,1-4H3;3-4H,9-10H2,1-2H3;2-4H,8-9H2,1H3;2*1-4H,7-8H2. The number of aryl methyl sites for hydroxylation is 3. The lowest BCUT2D eigenvalue weighted by atomic mass is 9.97. The highest BCUT2D eigenvalue weighted by Crippen LogP contribution is 2.29. The van der Waals surface area contributed by atoms with Crippen LogP contribution in [0.25, 0.3) is 0 Å². The molecule has 0 heterocycles.